The van der Waals surface area contributed by atoms with Crippen molar-refractivity contribution in [3.8, 4) is 0 Å². The molecule has 0 aliphatic carbocycles. The van der Waals surface area contributed by atoms with Crippen LogP contribution >= 0.6 is 11.3 Å². The van der Waals surface area contributed by atoms with Crippen molar-refractivity contribution in [2.75, 3.05) is 24.6 Å². The van der Waals surface area contributed by atoms with Crippen molar-refractivity contribution < 1.29 is 9.53 Å². The lowest BCUT2D eigenvalue weighted by atomic mass is 10.2. The van der Waals surface area contributed by atoms with Crippen LogP contribution in [0.15, 0.2) is 35.8 Å². The second-order valence-electron chi connectivity index (χ2n) is 6.01. The summed E-state index contributed by atoms with van der Waals surface area (Å²) >= 11 is 1.69. The van der Waals surface area contributed by atoms with Crippen LogP contribution in [0.3, 0.4) is 0 Å². The maximum Gasteiger partial charge on any atom is 0.220 e. The first kappa shape index (κ1) is 16.9. The summed E-state index contributed by atoms with van der Waals surface area (Å²) in [6.45, 7) is 5.08. The van der Waals surface area contributed by atoms with Crippen LogP contribution in [0.1, 0.15) is 23.8 Å². The molecule has 0 saturated carbocycles. The van der Waals surface area contributed by atoms with Crippen LogP contribution in [0, 0.1) is 0 Å². The van der Waals surface area contributed by atoms with Gasteiger partial charge in [0.05, 0.1) is 12.7 Å². The molecule has 1 atom stereocenters. The highest BCUT2D eigenvalue weighted by Gasteiger charge is 2.17. The van der Waals surface area contributed by atoms with Gasteiger partial charge in [-0.05, 0) is 36.4 Å². The maximum absolute atomic E-state index is 11.9. The van der Waals surface area contributed by atoms with Crippen molar-refractivity contribution in [1.29, 1.82) is 0 Å². The lowest BCUT2D eigenvalue weighted by Gasteiger charge is -2.32. The third-order valence-corrected chi connectivity index (χ3v) is 4.98. The fraction of sp³-hybridized carbons (Fsp3) is 0.444. The number of rotatable bonds is 6. The predicted octanol–water partition coefficient (Wildman–Crippen LogP) is 2.62. The number of hydrogen-bond donors (Lipinski definition) is 1. The van der Waals surface area contributed by atoms with Gasteiger partial charge in [-0.1, -0.05) is 12.1 Å². The highest BCUT2D eigenvalue weighted by molar-refractivity contribution is 7.09. The van der Waals surface area contributed by atoms with Crippen molar-refractivity contribution in [2.45, 2.75) is 32.4 Å². The van der Waals surface area contributed by atoms with E-state index in [4.69, 9.17) is 4.74 Å². The molecule has 1 aliphatic heterocycles. The highest BCUT2D eigenvalue weighted by atomic mass is 32.1. The summed E-state index contributed by atoms with van der Waals surface area (Å²) in [5.41, 5.74) is 1.02. The zero-order chi connectivity index (χ0) is 16.8. The van der Waals surface area contributed by atoms with Gasteiger partial charge in [0.1, 0.15) is 5.82 Å². The Morgan fingerprint density at radius 2 is 2.38 bits per heavy atom. The topological polar surface area (TPSA) is 54.5 Å². The van der Waals surface area contributed by atoms with Gasteiger partial charge in [0.25, 0.3) is 0 Å². The summed E-state index contributed by atoms with van der Waals surface area (Å²) < 4.78 is 5.55. The number of anilines is 1. The van der Waals surface area contributed by atoms with Gasteiger partial charge < -0.3 is 15.0 Å². The first-order valence-corrected chi connectivity index (χ1v) is 9.19. The zero-order valence-electron chi connectivity index (χ0n) is 13.9. The minimum atomic E-state index is 0.0782. The van der Waals surface area contributed by atoms with Crippen LogP contribution in [0.2, 0.25) is 0 Å². The van der Waals surface area contributed by atoms with Gasteiger partial charge in [-0.25, -0.2) is 4.98 Å². The van der Waals surface area contributed by atoms with E-state index in [1.54, 1.807) is 11.3 Å². The molecule has 1 saturated heterocycles. The van der Waals surface area contributed by atoms with Gasteiger partial charge in [0, 0.05) is 37.1 Å². The number of hydrogen-bond acceptors (Lipinski definition) is 5. The number of carbonyl (C=O) groups is 1. The Kier molecular flexibility index (Phi) is 5.82. The molecule has 1 N–H and O–H groups in total. The van der Waals surface area contributed by atoms with E-state index in [0.29, 0.717) is 13.0 Å². The number of nitrogens with one attached hydrogen (secondary N) is 1. The van der Waals surface area contributed by atoms with E-state index in [-0.39, 0.29) is 12.0 Å². The second kappa shape index (κ2) is 8.26. The van der Waals surface area contributed by atoms with Gasteiger partial charge >= 0.3 is 0 Å². The molecule has 0 bridgehead atoms. The van der Waals surface area contributed by atoms with Crippen molar-refractivity contribution in [3.63, 3.8) is 0 Å². The molecule has 24 heavy (non-hydrogen) atoms. The van der Waals surface area contributed by atoms with Crippen molar-refractivity contribution in [3.05, 3.63) is 46.3 Å². The largest absolute Gasteiger partial charge is 0.375 e. The Balaban J connectivity index is 1.44. The lowest BCUT2D eigenvalue weighted by molar-refractivity contribution is -0.121. The van der Waals surface area contributed by atoms with Crippen molar-refractivity contribution in [2.24, 2.45) is 0 Å². The molecule has 3 heterocycles. The van der Waals surface area contributed by atoms with Crippen LogP contribution in [0.4, 0.5) is 5.82 Å². The average Bonchev–Trinajstić information content (AvgIpc) is 3.12. The SMILES string of the molecule is C[C@H]1CN(c2ccc(CNC(=O)CCc3cccs3)cn2)CCO1. The number of thiophene rings is 1. The Hall–Kier alpha value is -1.92. The summed E-state index contributed by atoms with van der Waals surface area (Å²) in [5, 5.41) is 5.00. The standard InChI is InChI=1S/C18H23N3O2S/c1-14-13-21(8-9-23-14)17-6-4-15(11-19-17)12-20-18(22)7-5-16-3-2-10-24-16/h2-4,6,10-11,14H,5,7-9,12-13H2,1H3,(H,20,22)/t14-/m0/s1. The van der Waals surface area contributed by atoms with E-state index < -0.39 is 0 Å². The van der Waals surface area contributed by atoms with Gasteiger partial charge in [-0.3, -0.25) is 4.79 Å². The smallest absolute Gasteiger partial charge is 0.220 e. The number of carbonyl (C=O) groups excluding carboxylic acids is 1. The van der Waals surface area contributed by atoms with Crippen LogP contribution in [0.5, 0.6) is 0 Å². The molecule has 0 aromatic carbocycles. The van der Waals surface area contributed by atoms with Crippen molar-refractivity contribution >= 4 is 23.1 Å². The predicted molar refractivity (Wildman–Crippen MR) is 96.4 cm³/mol. The molecule has 2 aromatic heterocycles. The molecule has 2 aromatic rings. The fourth-order valence-corrected chi connectivity index (χ4v) is 3.42. The van der Waals surface area contributed by atoms with Crippen molar-refractivity contribution in [1.82, 2.24) is 10.3 Å². The Bertz CT molecular complexity index is 643. The van der Waals surface area contributed by atoms with E-state index in [2.05, 4.69) is 28.2 Å². The quantitative estimate of drug-likeness (QED) is 0.874. The zero-order valence-corrected chi connectivity index (χ0v) is 14.7. The summed E-state index contributed by atoms with van der Waals surface area (Å²) in [6, 6.07) is 8.13. The first-order valence-electron chi connectivity index (χ1n) is 8.31. The molecule has 3 rings (SSSR count). The number of nitrogens with zero attached hydrogens (tertiary/aromatic N) is 2. The number of aromatic nitrogens is 1. The molecule has 6 heteroatoms. The summed E-state index contributed by atoms with van der Waals surface area (Å²) in [5.74, 6) is 1.05. The molecule has 5 nitrogen and oxygen atoms in total. The molecule has 0 unspecified atom stereocenters. The third kappa shape index (κ3) is 4.79. The molecule has 1 amide bonds. The molecule has 1 fully saturated rings. The normalized spacial score (nSPS) is 17.7. The minimum Gasteiger partial charge on any atom is -0.375 e. The number of morpholine rings is 1. The Labute approximate surface area is 146 Å². The molecular formula is C18H23N3O2S. The highest BCUT2D eigenvalue weighted by Crippen LogP contribution is 2.15. The number of amides is 1. The molecule has 0 spiro atoms. The first-order chi connectivity index (χ1) is 11.7. The van der Waals surface area contributed by atoms with Crippen LogP contribution in [0.25, 0.3) is 0 Å². The van der Waals surface area contributed by atoms with Gasteiger partial charge in [0.15, 0.2) is 0 Å². The number of aryl methyl sites for hydroxylation is 1. The average molecular weight is 345 g/mol. The van der Waals surface area contributed by atoms with Crippen LogP contribution in [-0.4, -0.2) is 36.7 Å². The fourth-order valence-electron chi connectivity index (χ4n) is 2.72. The van der Waals surface area contributed by atoms with Crippen LogP contribution < -0.4 is 10.2 Å². The maximum atomic E-state index is 11.9. The third-order valence-electron chi connectivity index (χ3n) is 4.04. The summed E-state index contributed by atoms with van der Waals surface area (Å²) in [6.07, 6.45) is 3.41. The summed E-state index contributed by atoms with van der Waals surface area (Å²) in [4.78, 5) is 19.9. The monoisotopic (exact) mass is 345 g/mol. The number of ether oxygens (including phenoxy) is 1. The Morgan fingerprint density at radius 3 is 3.08 bits per heavy atom. The van der Waals surface area contributed by atoms with Gasteiger partial charge in [0.2, 0.25) is 5.91 Å². The Morgan fingerprint density at radius 1 is 1.46 bits per heavy atom. The molecule has 1 aliphatic rings. The second-order valence-corrected chi connectivity index (χ2v) is 7.04. The molecular weight excluding hydrogens is 322 g/mol. The van der Waals surface area contributed by atoms with E-state index in [0.717, 1.165) is 37.5 Å². The van der Waals surface area contributed by atoms with Gasteiger partial charge in [-0.2, -0.15) is 0 Å². The molecule has 128 valence electrons. The summed E-state index contributed by atoms with van der Waals surface area (Å²) in [7, 11) is 0. The van der Waals surface area contributed by atoms with E-state index in [1.807, 2.05) is 29.8 Å². The number of pyridine rings is 1. The van der Waals surface area contributed by atoms with E-state index >= 15 is 0 Å². The lowest BCUT2D eigenvalue weighted by Crippen LogP contribution is -2.41. The van der Waals surface area contributed by atoms with E-state index in [9.17, 15) is 4.79 Å². The van der Waals surface area contributed by atoms with Gasteiger partial charge in [-0.15, -0.1) is 11.3 Å². The van der Waals surface area contributed by atoms with Crippen LogP contribution in [-0.2, 0) is 22.5 Å². The molecule has 0 radical (unpaired) electrons. The minimum absolute atomic E-state index is 0.0782. The van der Waals surface area contributed by atoms with E-state index in [1.165, 1.54) is 4.88 Å².